The van der Waals surface area contributed by atoms with Gasteiger partial charge in [-0.1, -0.05) is 140 Å². The van der Waals surface area contributed by atoms with E-state index >= 15 is 0 Å². The van der Waals surface area contributed by atoms with Crippen molar-refractivity contribution < 1.29 is 9.18 Å². The highest BCUT2D eigenvalue weighted by Gasteiger charge is 2.49. The molecule has 0 radical (unpaired) electrons. The average Bonchev–Trinajstić information content (AvgIpc) is 3.10. The molecule has 48 heavy (non-hydrogen) atoms. The summed E-state index contributed by atoms with van der Waals surface area (Å²) >= 11 is 0. The van der Waals surface area contributed by atoms with Gasteiger partial charge in [0, 0.05) is 22.2 Å². The van der Waals surface area contributed by atoms with Gasteiger partial charge in [0.2, 0.25) is 0 Å². The maximum absolute atomic E-state index is 14.4. The largest absolute Gasteiger partial charge is 0.302 e. The second-order valence-electron chi connectivity index (χ2n) is 13.9. The van der Waals surface area contributed by atoms with E-state index in [9.17, 15) is 9.18 Å². The molecule has 0 saturated carbocycles. The van der Waals surface area contributed by atoms with Crippen molar-refractivity contribution >= 4 is 11.6 Å². The third-order valence-electron chi connectivity index (χ3n) is 10.3. The number of carbonyl (C=O) groups is 1. The molecule has 0 aliphatic carbocycles. The van der Waals surface area contributed by atoms with Crippen LogP contribution in [0.2, 0.25) is 0 Å². The summed E-state index contributed by atoms with van der Waals surface area (Å²) in [6, 6.07) is 53.5. The molecular weight excluding hydrogens is 589 g/mol. The molecule has 0 saturated heterocycles. The molecular formula is C45H40FNO. The lowest BCUT2D eigenvalue weighted by atomic mass is 9.61. The first-order valence-electron chi connectivity index (χ1n) is 16.6. The quantitative estimate of drug-likeness (QED) is 0.168. The Morgan fingerprint density at radius 2 is 1.12 bits per heavy atom. The number of carbonyl (C=O) groups excluding carboxylic acids is 1. The Balaban J connectivity index is 1.55. The van der Waals surface area contributed by atoms with Crippen LogP contribution in [0.15, 0.2) is 158 Å². The van der Waals surface area contributed by atoms with Gasteiger partial charge in [-0.2, -0.15) is 0 Å². The Labute approximate surface area is 283 Å². The first kappa shape index (κ1) is 31.3. The van der Waals surface area contributed by atoms with Crippen molar-refractivity contribution in [3.05, 3.63) is 208 Å². The highest BCUT2D eigenvalue weighted by molar-refractivity contribution is 6.08. The number of aryl methyl sites for hydroxylation is 1. The molecule has 6 aromatic carbocycles. The minimum absolute atomic E-state index is 0.139. The number of amides is 1. The number of nitrogens with zero attached hydrogens (tertiary/aromatic N) is 1. The Bertz CT molecular complexity index is 1960. The molecule has 1 atom stereocenters. The van der Waals surface area contributed by atoms with Crippen molar-refractivity contribution in [3.8, 4) is 0 Å². The van der Waals surface area contributed by atoms with Crippen molar-refractivity contribution in [1.82, 2.24) is 0 Å². The first-order valence-corrected chi connectivity index (χ1v) is 16.6. The summed E-state index contributed by atoms with van der Waals surface area (Å²) in [5, 5.41) is 0. The molecule has 0 unspecified atom stereocenters. The third kappa shape index (κ3) is 5.15. The summed E-state index contributed by atoms with van der Waals surface area (Å²) in [6.07, 6.45) is 0.696. The van der Waals surface area contributed by atoms with Crippen LogP contribution in [-0.2, 0) is 10.8 Å². The van der Waals surface area contributed by atoms with E-state index in [1.807, 2.05) is 4.90 Å². The summed E-state index contributed by atoms with van der Waals surface area (Å²) in [4.78, 5) is 16.4. The maximum atomic E-state index is 14.4. The second-order valence-corrected chi connectivity index (χ2v) is 13.9. The molecule has 0 aromatic heterocycles. The van der Waals surface area contributed by atoms with Gasteiger partial charge in [0.1, 0.15) is 5.82 Å². The maximum Gasteiger partial charge on any atom is 0.258 e. The van der Waals surface area contributed by atoms with E-state index in [-0.39, 0.29) is 11.7 Å². The van der Waals surface area contributed by atoms with E-state index in [4.69, 9.17) is 0 Å². The fraction of sp³-hybridized carbons (Fsp3) is 0.178. The van der Waals surface area contributed by atoms with Gasteiger partial charge >= 0.3 is 0 Å². The van der Waals surface area contributed by atoms with Gasteiger partial charge < -0.3 is 4.90 Å². The first-order chi connectivity index (χ1) is 23.1. The van der Waals surface area contributed by atoms with Crippen molar-refractivity contribution in [3.63, 3.8) is 0 Å². The average molecular weight is 630 g/mol. The predicted octanol–water partition coefficient (Wildman–Crippen LogP) is 10.7. The highest BCUT2D eigenvalue weighted by atomic mass is 19.1. The van der Waals surface area contributed by atoms with Gasteiger partial charge in [-0.05, 0) is 90.9 Å². The SMILES string of the molecule is Cc1ccc([C@]2(C)CC(C)(C)N(C(=O)c3ccc(F)cc3)c3ccc(C(c4ccccc4)(c4ccccc4)c4ccccc4)cc32)cc1. The van der Waals surface area contributed by atoms with Crippen LogP contribution in [0, 0.1) is 12.7 Å². The van der Waals surface area contributed by atoms with E-state index < -0.39 is 16.4 Å². The number of halogens is 1. The normalized spacial score (nSPS) is 17.1. The van der Waals surface area contributed by atoms with Gasteiger partial charge in [-0.3, -0.25) is 4.79 Å². The van der Waals surface area contributed by atoms with Crippen LogP contribution in [-0.4, -0.2) is 11.4 Å². The molecule has 2 nitrogen and oxygen atoms in total. The minimum Gasteiger partial charge on any atom is -0.302 e. The van der Waals surface area contributed by atoms with Crippen LogP contribution < -0.4 is 4.90 Å². The molecule has 0 N–H and O–H groups in total. The summed E-state index contributed by atoms with van der Waals surface area (Å²) in [7, 11) is 0. The van der Waals surface area contributed by atoms with E-state index in [0.717, 1.165) is 33.5 Å². The van der Waals surface area contributed by atoms with Gasteiger partial charge in [0.15, 0.2) is 0 Å². The predicted molar refractivity (Wildman–Crippen MR) is 194 cm³/mol. The van der Waals surface area contributed by atoms with Crippen LogP contribution in [0.1, 0.15) is 76.5 Å². The monoisotopic (exact) mass is 629 g/mol. The highest BCUT2D eigenvalue weighted by Crippen LogP contribution is 2.54. The zero-order valence-corrected chi connectivity index (χ0v) is 28.0. The molecule has 7 rings (SSSR count). The zero-order chi connectivity index (χ0) is 33.5. The van der Waals surface area contributed by atoms with E-state index in [2.05, 4.69) is 161 Å². The standard InChI is InChI=1S/C45H40FNO/c1-32-20-24-34(25-21-32)44(4)31-43(2,3)47(42(48)33-22-27-39(46)28-23-33)41-29-26-38(30-40(41)44)45(35-14-8-5-9-15-35,36-16-10-6-11-17-36)37-18-12-7-13-19-37/h5-30H,31H2,1-4H3/t44-/m0/s1. The number of hydrogen-bond acceptors (Lipinski definition) is 1. The molecule has 1 heterocycles. The summed E-state index contributed by atoms with van der Waals surface area (Å²) < 4.78 is 14.0. The van der Waals surface area contributed by atoms with Crippen molar-refractivity contribution in [1.29, 1.82) is 0 Å². The van der Waals surface area contributed by atoms with Gasteiger partial charge in [0.25, 0.3) is 5.91 Å². The molecule has 0 spiro atoms. The molecule has 1 aliphatic heterocycles. The third-order valence-corrected chi connectivity index (χ3v) is 10.3. The molecule has 0 fully saturated rings. The Morgan fingerprint density at radius 1 is 0.625 bits per heavy atom. The molecule has 238 valence electrons. The van der Waals surface area contributed by atoms with Crippen LogP contribution in [0.4, 0.5) is 10.1 Å². The number of rotatable bonds is 6. The zero-order valence-electron chi connectivity index (χ0n) is 28.0. The molecule has 1 amide bonds. The van der Waals surface area contributed by atoms with Crippen LogP contribution in [0.25, 0.3) is 0 Å². The van der Waals surface area contributed by atoms with Crippen LogP contribution >= 0.6 is 0 Å². The summed E-state index contributed by atoms with van der Waals surface area (Å²) in [6.45, 7) is 8.71. The topological polar surface area (TPSA) is 20.3 Å². The lowest BCUT2D eigenvalue weighted by molar-refractivity contribution is 0.0948. The molecule has 6 aromatic rings. The van der Waals surface area contributed by atoms with E-state index in [1.165, 1.54) is 23.3 Å². The molecule has 0 bridgehead atoms. The van der Waals surface area contributed by atoms with Crippen molar-refractivity contribution in [2.45, 2.75) is 50.5 Å². The molecule has 3 heteroatoms. The second kappa shape index (κ2) is 12.1. The van der Waals surface area contributed by atoms with E-state index in [1.54, 1.807) is 12.1 Å². The summed E-state index contributed by atoms with van der Waals surface area (Å²) in [5.41, 5.74) is 7.84. The minimum atomic E-state index is -0.633. The van der Waals surface area contributed by atoms with Gasteiger partial charge in [-0.15, -0.1) is 0 Å². The number of hydrogen-bond donors (Lipinski definition) is 0. The van der Waals surface area contributed by atoms with Crippen molar-refractivity contribution in [2.75, 3.05) is 4.90 Å². The van der Waals surface area contributed by atoms with Crippen LogP contribution in [0.5, 0.6) is 0 Å². The Hall–Kier alpha value is -5.28. The van der Waals surface area contributed by atoms with Gasteiger partial charge in [0.05, 0.1) is 5.41 Å². The summed E-state index contributed by atoms with van der Waals surface area (Å²) in [5.74, 6) is -0.499. The number of fused-ring (bicyclic) bond motifs is 1. The van der Waals surface area contributed by atoms with Gasteiger partial charge in [-0.25, -0.2) is 4.39 Å². The fourth-order valence-corrected chi connectivity index (χ4v) is 8.12. The number of anilines is 1. The number of benzene rings is 6. The lowest BCUT2D eigenvalue weighted by Crippen LogP contribution is -2.56. The fourth-order valence-electron chi connectivity index (χ4n) is 8.12. The Kier molecular flexibility index (Phi) is 7.87. The smallest absolute Gasteiger partial charge is 0.258 e. The van der Waals surface area contributed by atoms with Crippen LogP contribution in [0.3, 0.4) is 0 Å². The molecule has 1 aliphatic rings. The van der Waals surface area contributed by atoms with Crippen molar-refractivity contribution in [2.24, 2.45) is 0 Å². The lowest BCUT2D eigenvalue weighted by Gasteiger charge is -2.52. The Morgan fingerprint density at radius 3 is 1.62 bits per heavy atom. The van der Waals surface area contributed by atoms with E-state index in [0.29, 0.717) is 12.0 Å².